The SMILES string of the molecule is CC(=O)C1CCC2C(C1)N=CN2C1CCCC(N2CCN(C)CC2)C1. The molecule has 0 bridgehead atoms. The summed E-state index contributed by atoms with van der Waals surface area (Å²) in [4.78, 5) is 24.3. The topological polar surface area (TPSA) is 39.2 Å². The van der Waals surface area contributed by atoms with Crippen molar-refractivity contribution in [3.63, 3.8) is 0 Å². The molecule has 140 valence electrons. The van der Waals surface area contributed by atoms with Crippen molar-refractivity contribution < 1.29 is 4.79 Å². The number of fused-ring (bicyclic) bond motifs is 1. The molecule has 1 saturated heterocycles. The van der Waals surface area contributed by atoms with Crippen LogP contribution in [0.4, 0.5) is 0 Å². The van der Waals surface area contributed by atoms with Crippen LogP contribution < -0.4 is 0 Å². The number of rotatable bonds is 3. The van der Waals surface area contributed by atoms with Gasteiger partial charge in [-0.1, -0.05) is 0 Å². The van der Waals surface area contributed by atoms with Gasteiger partial charge in [-0.3, -0.25) is 14.7 Å². The lowest BCUT2D eigenvalue weighted by Crippen LogP contribution is -2.54. The molecular weight excluding hydrogens is 312 g/mol. The van der Waals surface area contributed by atoms with Crippen LogP contribution in [0, 0.1) is 5.92 Å². The summed E-state index contributed by atoms with van der Waals surface area (Å²) in [6.45, 7) is 6.64. The Hall–Kier alpha value is -0.940. The zero-order valence-corrected chi connectivity index (χ0v) is 15.9. The van der Waals surface area contributed by atoms with E-state index in [0.717, 1.165) is 25.3 Å². The van der Waals surface area contributed by atoms with Gasteiger partial charge < -0.3 is 9.80 Å². The quantitative estimate of drug-likeness (QED) is 0.784. The fourth-order valence-electron chi connectivity index (χ4n) is 5.55. The summed E-state index contributed by atoms with van der Waals surface area (Å²) in [6, 6.07) is 2.35. The van der Waals surface area contributed by atoms with E-state index in [1.165, 1.54) is 51.9 Å². The van der Waals surface area contributed by atoms with Crippen LogP contribution in [0.25, 0.3) is 0 Å². The Labute approximate surface area is 152 Å². The minimum Gasteiger partial charge on any atom is -0.355 e. The summed E-state index contributed by atoms with van der Waals surface area (Å²) in [5.74, 6) is 0.614. The molecule has 5 unspecified atom stereocenters. The number of carbonyl (C=O) groups is 1. The largest absolute Gasteiger partial charge is 0.355 e. The van der Waals surface area contributed by atoms with E-state index in [-0.39, 0.29) is 5.92 Å². The van der Waals surface area contributed by atoms with E-state index in [4.69, 9.17) is 4.99 Å². The van der Waals surface area contributed by atoms with Crippen molar-refractivity contribution in [2.24, 2.45) is 10.9 Å². The highest BCUT2D eigenvalue weighted by Crippen LogP contribution is 2.37. The van der Waals surface area contributed by atoms with Crippen LogP contribution in [0.5, 0.6) is 0 Å². The highest BCUT2D eigenvalue weighted by molar-refractivity contribution is 5.78. The van der Waals surface area contributed by atoms with Crippen molar-refractivity contribution in [3.8, 4) is 0 Å². The molecule has 5 heteroatoms. The van der Waals surface area contributed by atoms with Crippen LogP contribution in [-0.4, -0.2) is 84.2 Å². The number of Topliss-reactive ketones (excluding diaryl/α,β-unsaturated/α-hetero) is 1. The first kappa shape index (κ1) is 17.5. The number of likely N-dealkylation sites (N-methyl/N-ethyl adjacent to an activating group) is 1. The lowest BCUT2D eigenvalue weighted by Gasteiger charge is -2.45. The van der Waals surface area contributed by atoms with E-state index in [2.05, 4.69) is 28.1 Å². The minimum absolute atomic E-state index is 0.253. The van der Waals surface area contributed by atoms with E-state index in [1.54, 1.807) is 6.92 Å². The summed E-state index contributed by atoms with van der Waals surface area (Å²) in [7, 11) is 2.24. The predicted molar refractivity (Wildman–Crippen MR) is 101 cm³/mol. The number of hydrogen-bond donors (Lipinski definition) is 0. The molecule has 2 saturated carbocycles. The Morgan fingerprint density at radius 2 is 1.76 bits per heavy atom. The minimum atomic E-state index is 0.253. The molecule has 5 atom stereocenters. The summed E-state index contributed by atoms with van der Waals surface area (Å²) in [5.41, 5.74) is 0. The first-order chi connectivity index (χ1) is 12.1. The van der Waals surface area contributed by atoms with Gasteiger partial charge in [0.1, 0.15) is 5.78 Å². The van der Waals surface area contributed by atoms with Gasteiger partial charge in [-0.2, -0.15) is 0 Å². The van der Waals surface area contributed by atoms with Crippen molar-refractivity contribution in [2.45, 2.75) is 76.0 Å². The lowest BCUT2D eigenvalue weighted by molar-refractivity contribution is -0.122. The third-order valence-electron chi connectivity index (χ3n) is 7.23. The molecule has 0 aromatic heterocycles. The molecule has 3 fully saturated rings. The molecule has 25 heavy (non-hydrogen) atoms. The fraction of sp³-hybridized carbons (Fsp3) is 0.900. The first-order valence-electron chi connectivity index (χ1n) is 10.4. The molecule has 5 nitrogen and oxygen atoms in total. The first-order valence-corrected chi connectivity index (χ1v) is 10.4. The Bertz CT molecular complexity index is 514. The van der Waals surface area contributed by atoms with E-state index >= 15 is 0 Å². The van der Waals surface area contributed by atoms with Gasteiger partial charge >= 0.3 is 0 Å². The molecule has 2 aliphatic heterocycles. The molecule has 0 radical (unpaired) electrons. The van der Waals surface area contributed by atoms with Crippen LogP contribution in [0.1, 0.15) is 51.9 Å². The van der Waals surface area contributed by atoms with Crippen LogP contribution in [-0.2, 0) is 4.79 Å². The van der Waals surface area contributed by atoms with Gasteiger partial charge in [-0.25, -0.2) is 0 Å². The van der Waals surface area contributed by atoms with Gasteiger partial charge in [0.25, 0.3) is 0 Å². The zero-order valence-electron chi connectivity index (χ0n) is 15.9. The predicted octanol–water partition coefficient (Wildman–Crippen LogP) is 2.02. The average Bonchev–Trinajstić information content (AvgIpc) is 3.05. The Morgan fingerprint density at radius 3 is 2.52 bits per heavy atom. The van der Waals surface area contributed by atoms with Gasteiger partial charge in [0, 0.05) is 44.2 Å². The van der Waals surface area contributed by atoms with E-state index in [1.807, 2.05) is 0 Å². The number of hydrogen-bond acceptors (Lipinski definition) is 5. The van der Waals surface area contributed by atoms with Gasteiger partial charge in [0.2, 0.25) is 0 Å². The Morgan fingerprint density at radius 1 is 1.00 bits per heavy atom. The molecule has 0 aromatic carbocycles. The van der Waals surface area contributed by atoms with Crippen molar-refractivity contribution >= 4 is 12.1 Å². The summed E-state index contributed by atoms with van der Waals surface area (Å²) < 4.78 is 0. The molecular formula is C20H34N4O. The van der Waals surface area contributed by atoms with Gasteiger partial charge in [-0.05, 0) is 58.9 Å². The van der Waals surface area contributed by atoms with E-state index in [0.29, 0.717) is 23.9 Å². The number of ketones is 1. The number of aliphatic imine (C=N–C) groups is 1. The van der Waals surface area contributed by atoms with Gasteiger partial charge in [-0.15, -0.1) is 0 Å². The highest BCUT2D eigenvalue weighted by atomic mass is 16.1. The van der Waals surface area contributed by atoms with Crippen LogP contribution in [0.15, 0.2) is 4.99 Å². The normalized spacial score (nSPS) is 40.2. The van der Waals surface area contributed by atoms with Crippen LogP contribution in [0.2, 0.25) is 0 Å². The Kier molecular flexibility index (Phi) is 5.14. The maximum atomic E-state index is 11.7. The molecule has 2 heterocycles. The lowest BCUT2D eigenvalue weighted by atomic mass is 9.79. The van der Waals surface area contributed by atoms with Crippen LogP contribution >= 0.6 is 0 Å². The summed E-state index contributed by atoms with van der Waals surface area (Å²) in [6.07, 6.45) is 10.7. The molecule has 2 aliphatic carbocycles. The standard InChI is InChI=1S/C20H34N4O/c1-15(25)16-6-7-20-19(12-16)21-14-24(20)18-5-3-4-17(13-18)23-10-8-22(2)9-11-23/h14,16-20H,3-13H2,1-2H3. The zero-order chi connectivity index (χ0) is 17.4. The van der Waals surface area contributed by atoms with Crippen molar-refractivity contribution in [1.82, 2.24) is 14.7 Å². The summed E-state index contributed by atoms with van der Waals surface area (Å²) in [5, 5.41) is 0. The number of carbonyl (C=O) groups excluding carboxylic acids is 1. The third kappa shape index (κ3) is 3.63. The van der Waals surface area contributed by atoms with E-state index < -0.39 is 0 Å². The average molecular weight is 347 g/mol. The van der Waals surface area contributed by atoms with Crippen molar-refractivity contribution in [2.75, 3.05) is 33.2 Å². The second-order valence-corrected chi connectivity index (χ2v) is 8.78. The number of piperazine rings is 1. The van der Waals surface area contributed by atoms with Gasteiger partial charge in [0.15, 0.2) is 0 Å². The fourth-order valence-corrected chi connectivity index (χ4v) is 5.55. The molecule has 0 spiro atoms. The van der Waals surface area contributed by atoms with Crippen molar-refractivity contribution in [1.29, 1.82) is 0 Å². The van der Waals surface area contributed by atoms with Crippen molar-refractivity contribution in [3.05, 3.63) is 0 Å². The smallest absolute Gasteiger partial charge is 0.132 e. The molecule has 0 N–H and O–H groups in total. The monoisotopic (exact) mass is 346 g/mol. The van der Waals surface area contributed by atoms with E-state index in [9.17, 15) is 4.79 Å². The summed E-state index contributed by atoms with van der Waals surface area (Å²) >= 11 is 0. The second-order valence-electron chi connectivity index (χ2n) is 8.78. The van der Waals surface area contributed by atoms with Crippen LogP contribution in [0.3, 0.4) is 0 Å². The highest BCUT2D eigenvalue weighted by Gasteiger charge is 2.41. The molecule has 4 rings (SSSR count). The number of nitrogens with zero attached hydrogens (tertiary/aromatic N) is 4. The molecule has 0 aromatic rings. The second kappa shape index (κ2) is 7.36. The maximum absolute atomic E-state index is 11.7. The maximum Gasteiger partial charge on any atom is 0.132 e. The third-order valence-corrected chi connectivity index (χ3v) is 7.23. The van der Waals surface area contributed by atoms with Gasteiger partial charge in [0.05, 0.1) is 18.4 Å². The Balaban J connectivity index is 1.36. The molecule has 0 amide bonds. The molecule has 4 aliphatic rings.